The van der Waals surface area contributed by atoms with E-state index < -0.39 is 5.97 Å². The second-order valence-corrected chi connectivity index (χ2v) is 3.48. The van der Waals surface area contributed by atoms with Gasteiger partial charge in [-0.2, -0.15) is 0 Å². The summed E-state index contributed by atoms with van der Waals surface area (Å²) in [5, 5.41) is 8.70. The van der Waals surface area contributed by atoms with Gasteiger partial charge in [0.1, 0.15) is 0 Å². The molecule has 1 aliphatic heterocycles. The standard InChI is InChI=1S/C9H15NO3/c1-3-4-8(11)10-5-7(6(10)2)9(12)13/h6-7H,3-5H2,1-2H3,(H,12,13). The molecule has 0 aromatic rings. The van der Waals surface area contributed by atoms with Crippen LogP contribution in [0, 0.1) is 5.92 Å². The van der Waals surface area contributed by atoms with E-state index in [1.54, 1.807) is 11.8 Å². The van der Waals surface area contributed by atoms with Crippen LogP contribution in [0.3, 0.4) is 0 Å². The van der Waals surface area contributed by atoms with Crippen molar-refractivity contribution in [2.45, 2.75) is 32.7 Å². The molecule has 4 nitrogen and oxygen atoms in total. The number of carboxylic acids is 1. The van der Waals surface area contributed by atoms with Gasteiger partial charge < -0.3 is 10.0 Å². The summed E-state index contributed by atoms with van der Waals surface area (Å²) in [6.45, 7) is 4.11. The Kier molecular flexibility index (Phi) is 2.90. The summed E-state index contributed by atoms with van der Waals surface area (Å²) in [5.41, 5.74) is 0. The Morgan fingerprint density at radius 1 is 1.54 bits per heavy atom. The van der Waals surface area contributed by atoms with Gasteiger partial charge in [0, 0.05) is 19.0 Å². The van der Waals surface area contributed by atoms with Gasteiger partial charge in [-0.05, 0) is 13.3 Å². The molecule has 13 heavy (non-hydrogen) atoms. The smallest absolute Gasteiger partial charge is 0.310 e. The third kappa shape index (κ3) is 1.82. The molecule has 0 spiro atoms. The molecule has 0 aromatic heterocycles. The van der Waals surface area contributed by atoms with Crippen LogP contribution in [-0.4, -0.2) is 34.5 Å². The molecule has 0 bridgehead atoms. The zero-order chi connectivity index (χ0) is 10.0. The van der Waals surface area contributed by atoms with Crippen LogP contribution in [0.2, 0.25) is 0 Å². The molecule has 1 fully saturated rings. The first kappa shape index (κ1) is 10.0. The van der Waals surface area contributed by atoms with E-state index in [0.717, 1.165) is 6.42 Å². The van der Waals surface area contributed by atoms with Crippen LogP contribution in [0.1, 0.15) is 26.7 Å². The number of nitrogens with zero attached hydrogens (tertiary/aromatic N) is 1. The van der Waals surface area contributed by atoms with Crippen LogP contribution >= 0.6 is 0 Å². The normalized spacial score (nSPS) is 26.8. The predicted molar refractivity (Wildman–Crippen MR) is 47.2 cm³/mol. The second kappa shape index (κ2) is 3.77. The van der Waals surface area contributed by atoms with Crippen LogP contribution in [0.5, 0.6) is 0 Å². The lowest BCUT2D eigenvalue weighted by Gasteiger charge is -2.44. The first-order valence-electron chi connectivity index (χ1n) is 4.60. The van der Waals surface area contributed by atoms with E-state index in [1.807, 2.05) is 6.92 Å². The molecule has 0 aliphatic carbocycles. The van der Waals surface area contributed by atoms with Crippen LogP contribution < -0.4 is 0 Å². The van der Waals surface area contributed by atoms with Gasteiger partial charge in [-0.15, -0.1) is 0 Å². The van der Waals surface area contributed by atoms with Gasteiger partial charge in [0.15, 0.2) is 0 Å². The fraction of sp³-hybridized carbons (Fsp3) is 0.778. The number of likely N-dealkylation sites (tertiary alicyclic amines) is 1. The minimum atomic E-state index is -0.798. The molecule has 1 N–H and O–H groups in total. The first-order valence-corrected chi connectivity index (χ1v) is 4.60. The summed E-state index contributed by atoms with van der Waals surface area (Å²) in [5.74, 6) is -1.08. The molecule has 1 rings (SSSR count). The molecule has 4 heteroatoms. The number of carbonyl (C=O) groups excluding carboxylic acids is 1. The number of hydrogen-bond donors (Lipinski definition) is 1. The van der Waals surface area contributed by atoms with Crippen molar-refractivity contribution < 1.29 is 14.7 Å². The summed E-state index contributed by atoms with van der Waals surface area (Å²) >= 11 is 0. The molecule has 1 amide bonds. The van der Waals surface area contributed by atoms with Gasteiger partial charge >= 0.3 is 5.97 Å². The van der Waals surface area contributed by atoms with Crippen LogP contribution in [0.15, 0.2) is 0 Å². The molecule has 0 saturated carbocycles. The molecule has 74 valence electrons. The number of carboxylic acid groups (broad SMARTS) is 1. The topological polar surface area (TPSA) is 57.6 Å². The minimum absolute atomic E-state index is 0.0764. The van der Waals surface area contributed by atoms with Crippen molar-refractivity contribution in [2.75, 3.05) is 6.54 Å². The molecule has 0 radical (unpaired) electrons. The monoisotopic (exact) mass is 185 g/mol. The van der Waals surface area contributed by atoms with Crippen molar-refractivity contribution in [2.24, 2.45) is 5.92 Å². The van der Waals surface area contributed by atoms with Gasteiger partial charge in [-0.1, -0.05) is 6.92 Å². The Balaban J connectivity index is 2.43. The molecule has 0 aromatic carbocycles. The van der Waals surface area contributed by atoms with Crippen molar-refractivity contribution in [3.8, 4) is 0 Å². The summed E-state index contributed by atoms with van der Waals surface area (Å²) in [4.78, 5) is 23.6. The molecular formula is C9H15NO3. The molecule has 1 saturated heterocycles. The zero-order valence-corrected chi connectivity index (χ0v) is 7.99. The fourth-order valence-corrected chi connectivity index (χ4v) is 1.58. The molecule has 1 heterocycles. The van der Waals surface area contributed by atoms with E-state index in [9.17, 15) is 9.59 Å². The Labute approximate surface area is 77.5 Å². The van der Waals surface area contributed by atoms with E-state index in [0.29, 0.717) is 13.0 Å². The number of rotatable bonds is 3. The first-order chi connectivity index (χ1) is 6.07. The summed E-state index contributed by atoms with van der Waals surface area (Å²) in [6.07, 6.45) is 1.34. The highest BCUT2D eigenvalue weighted by Crippen LogP contribution is 2.25. The van der Waals surface area contributed by atoms with Crippen molar-refractivity contribution in [1.82, 2.24) is 4.90 Å². The maximum absolute atomic E-state index is 11.3. The maximum atomic E-state index is 11.3. The summed E-state index contributed by atoms with van der Waals surface area (Å²) in [7, 11) is 0. The third-order valence-corrected chi connectivity index (χ3v) is 2.57. The molecule has 2 atom stereocenters. The molecule has 1 aliphatic rings. The van der Waals surface area contributed by atoms with Crippen molar-refractivity contribution >= 4 is 11.9 Å². The highest BCUT2D eigenvalue weighted by molar-refractivity contribution is 5.81. The fourth-order valence-electron chi connectivity index (χ4n) is 1.58. The SMILES string of the molecule is CCCC(=O)N1CC(C(=O)O)C1C. The van der Waals surface area contributed by atoms with Crippen molar-refractivity contribution in [1.29, 1.82) is 0 Å². The minimum Gasteiger partial charge on any atom is -0.481 e. The van der Waals surface area contributed by atoms with E-state index in [1.165, 1.54) is 0 Å². The predicted octanol–water partition coefficient (Wildman–Crippen LogP) is 0.718. The summed E-state index contributed by atoms with van der Waals surface area (Å²) < 4.78 is 0. The lowest BCUT2D eigenvalue weighted by atomic mass is 9.89. The van der Waals surface area contributed by atoms with Gasteiger partial charge in [-0.25, -0.2) is 0 Å². The lowest BCUT2D eigenvalue weighted by molar-refractivity contribution is -0.158. The average molecular weight is 185 g/mol. The largest absolute Gasteiger partial charge is 0.481 e. The van der Waals surface area contributed by atoms with E-state index in [2.05, 4.69) is 0 Å². The highest BCUT2D eigenvalue weighted by Gasteiger charge is 2.42. The Bertz CT molecular complexity index is 227. The lowest BCUT2D eigenvalue weighted by Crippen LogP contribution is -2.59. The quantitative estimate of drug-likeness (QED) is 0.704. The maximum Gasteiger partial charge on any atom is 0.310 e. The van der Waals surface area contributed by atoms with Crippen LogP contribution in [0.4, 0.5) is 0 Å². The van der Waals surface area contributed by atoms with Gasteiger partial charge in [0.2, 0.25) is 5.91 Å². The van der Waals surface area contributed by atoms with Crippen LogP contribution in [0.25, 0.3) is 0 Å². The number of aliphatic carboxylic acids is 1. The van der Waals surface area contributed by atoms with E-state index >= 15 is 0 Å². The van der Waals surface area contributed by atoms with Crippen LogP contribution in [-0.2, 0) is 9.59 Å². The van der Waals surface area contributed by atoms with Crippen molar-refractivity contribution in [3.63, 3.8) is 0 Å². The Hall–Kier alpha value is -1.06. The van der Waals surface area contributed by atoms with Gasteiger partial charge in [-0.3, -0.25) is 9.59 Å². The number of hydrogen-bond acceptors (Lipinski definition) is 2. The Morgan fingerprint density at radius 2 is 2.15 bits per heavy atom. The third-order valence-electron chi connectivity index (χ3n) is 2.57. The van der Waals surface area contributed by atoms with E-state index in [4.69, 9.17) is 5.11 Å². The van der Waals surface area contributed by atoms with Gasteiger partial charge in [0.25, 0.3) is 0 Å². The van der Waals surface area contributed by atoms with Crippen molar-refractivity contribution in [3.05, 3.63) is 0 Å². The zero-order valence-electron chi connectivity index (χ0n) is 7.99. The molecular weight excluding hydrogens is 170 g/mol. The number of amides is 1. The number of carbonyl (C=O) groups is 2. The van der Waals surface area contributed by atoms with Gasteiger partial charge in [0.05, 0.1) is 5.92 Å². The summed E-state index contributed by atoms with van der Waals surface area (Å²) in [6, 6.07) is -0.128. The second-order valence-electron chi connectivity index (χ2n) is 3.48. The Morgan fingerprint density at radius 3 is 2.54 bits per heavy atom. The average Bonchev–Trinajstić information content (AvgIpc) is 2.01. The highest BCUT2D eigenvalue weighted by atomic mass is 16.4. The molecule has 2 unspecified atom stereocenters. The van der Waals surface area contributed by atoms with E-state index in [-0.39, 0.29) is 17.9 Å².